The second-order valence-corrected chi connectivity index (χ2v) is 8.39. The largest absolute Gasteiger partial charge is 0.322 e. The van der Waals surface area contributed by atoms with Crippen LogP contribution in [0.25, 0.3) is 21.6 Å². The smallest absolute Gasteiger partial charge is 0.248 e. The van der Waals surface area contributed by atoms with E-state index in [0.29, 0.717) is 21.3 Å². The molecule has 4 rings (SSSR count). The Morgan fingerprint density at radius 1 is 1.20 bits per heavy atom. The molecule has 0 aliphatic heterocycles. The third-order valence-corrected chi connectivity index (χ3v) is 6.00. The van der Waals surface area contributed by atoms with Crippen LogP contribution in [0.3, 0.4) is 0 Å². The third-order valence-electron chi connectivity index (χ3n) is 4.49. The fraction of sp³-hybridized carbons (Fsp3) is 0.143. The first kappa shape index (κ1) is 20.5. The molecule has 2 aromatic carbocycles. The highest BCUT2D eigenvalue weighted by molar-refractivity contribution is 7.19. The van der Waals surface area contributed by atoms with Gasteiger partial charge in [0.05, 0.1) is 0 Å². The molecule has 9 heteroatoms. The molecular formula is C21H17Cl2N5OS. The number of aryl methyl sites for hydroxylation is 2. The van der Waals surface area contributed by atoms with E-state index in [1.807, 2.05) is 32.0 Å². The predicted molar refractivity (Wildman–Crippen MR) is 122 cm³/mol. The fourth-order valence-corrected chi connectivity index (χ4v) is 4.19. The van der Waals surface area contributed by atoms with Crippen molar-refractivity contribution in [3.8, 4) is 10.6 Å². The lowest BCUT2D eigenvalue weighted by molar-refractivity contribution is -0.111. The Labute approximate surface area is 187 Å². The Balaban J connectivity index is 1.56. The van der Waals surface area contributed by atoms with E-state index in [2.05, 4.69) is 20.6 Å². The molecule has 0 spiro atoms. The minimum atomic E-state index is -0.257. The first-order valence-electron chi connectivity index (χ1n) is 9.21. The molecule has 2 heterocycles. The maximum absolute atomic E-state index is 12.4. The van der Waals surface area contributed by atoms with E-state index in [1.165, 1.54) is 17.4 Å². The molecule has 2 aromatic heterocycles. The molecule has 6 nitrogen and oxygen atoms in total. The molecule has 0 aliphatic rings. The zero-order valence-electron chi connectivity index (χ0n) is 16.2. The zero-order chi connectivity index (χ0) is 21.3. The molecule has 0 unspecified atom stereocenters. The van der Waals surface area contributed by atoms with E-state index in [9.17, 15) is 4.79 Å². The topological polar surface area (TPSA) is 72.2 Å². The van der Waals surface area contributed by atoms with Gasteiger partial charge in [-0.15, -0.1) is 10.2 Å². The second-order valence-electron chi connectivity index (χ2n) is 6.59. The van der Waals surface area contributed by atoms with Crippen LogP contribution in [-0.2, 0) is 11.2 Å². The van der Waals surface area contributed by atoms with Gasteiger partial charge in [0, 0.05) is 33.8 Å². The first-order chi connectivity index (χ1) is 14.4. The molecule has 152 valence electrons. The van der Waals surface area contributed by atoms with Crippen molar-refractivity contribution in [3.63, 3.8) is 0 Å². The normalized spacial score (nSPS) is 11.5. The summed E-state index contributed by atoms with van der Waals surface area (Å²) in [4.78, 5) is 13.2. The van der Waals surface area contributed by atoms with Crippen LogP contribution in [0.15, 0.2) is 42.5 Å². The number of rotatable bonds is 5. The standard InChI is InChI=1S/C21H17Cl2N5OS/c1-3-18-25-26-21-28(18)27-20(30-21)14-5-4-12(2)17(10-14)24-19(29)9-7-13-6-8-15(22)11-16(13)23/h4-11H,3H2,1-2H3,(H,24,29). The summed E-state index contributed by atoms with van der Waals surface area (Å²) in [5, 5.41) is 17.7. The average molecular weight is 458 g/mol. The van der Waals surface area contributed by atoms with E-state index in [-0.39, 0.29) is 5.91 Å². The van der Waals surface area contributed by atoms with Gasteiger partial charge in [0.15, 0.2) is 5.82 Å². The van der Waals surface area contributed by atoms with Crippen molar-refractivity contribution in [2.45, 2.75) is 20.3 Å². The average Bonchev–Trinajstić information content (AvgIpc) is 3.29. The molecule has 0 saturated carbocycles. The van der Waals surface area contributed by atoms with Crippen LogP contribution in [-0.4, -0.2) is 25.7 Å². The minimum Gasteiger partial charge on any atom is -0.322 e. The molecule has 0 aliphatic carbocycles. The predicted octanol–water partition coefficient (Wildman–Crippen LogP) is 5.68. The van der Waals surface area contributed by atoms with Crippen molar-refractivity contribution in [3.05, 3.63) is 69.5 Å². The first-order valence-corrected chi connectivity index (χ1v) is 10.8. The number of carbonyl (C=O) groups is 1. The van der Waals surface area contributed by atoms with Crippen molar-refractivity contribution >= 4 is 57.2 Å². The number of fused-ring (bicyclic) bond motifs is 1. The molecule has 0 bridgehead atoms. The van der Waals surface area contributed by atoms with Crippen molar-refractivity contribution in [2.75, 3.05) is 5.32 Å². The Morgan fingerprint density at radius 2 is 2.03 bits per heavy atom. The van der Waals surface area contributed by atoms with Crippen molar-refractivity contribution in [2.24, 2.45) is 0 Å². The number of aromatic nitrogens is 4. The van der Waals surface area contributed by atoms with E-state index in [4.69, 9.17) is 23.2 Å². The molecule has 4 aromatic rings. The summed E-state index contributed by atoms with van der Waals surface area (Å²) in [6.07, 6.45) is 3.85. The summed E-state index contributed by atoms with van der Waals surface area (Å²) in [5.41, 5.74) is 3.28. The summed E-state index contributed by atoms with van der Waals surface area (Å²) in [6.45, 7) is 3.95. The SMILES string of the molecule is CCc1nnc2sc(-c3ccc(C)c(NC(=O)C=Cc4ccc(Cl)cc4Cl)c3)nn12. The van der Waals surface area contributed by atoms with E-state index < -0.39 is 0 Å². The highest BCUT2D eigenvalue weighted by Gasteiger charge is 2.13. The van der Waals surface area contributed by atoms with Gasteiger partial charge in [-0.2, -0.15) is 9.61 Å². The lowest BCUT2D eigenvalue weighted by atomic mass is 10.1. The van der Waals surface area contributed by atoms with Gasteiger partial charge in [-0.25, -0.2) is 0 Å². The number of halogens is 2. The number of hydrogen-bond donors (Lipinski definition) is 1. The molecule has 0 radical (unpaired) electrons. The fourth-order valence-electron chi connectivity index (χ4n) is 2.86. The number of anilines is 1. The number of hydrogen-bond acceptors (Lipinski definition) is 5. The molecular weight excluding hydrogens is 441 g/mol. The van der Waals surface area contributed by atoms with Crippen LogP contribution in [0, 0.1) is 6.92 Å². The van der Waals surface area contributed by atoms with Crippen molar-refractivity contribution in [1.82, 2.24) is 19.8 Å². The number of carbonyl (C=O) groups excluding carboxylic acids is 1. The maximum atomic E-state index is 12.4. The monoisotopic (exact) mass is 457 g/mol. The molecule has 1 amide bonds. The van der Waals surface area contributed by atoms with Gasteiger partial charge in [0.2, 0.25) is 10.9 Å². The highest BCUT2D eigenvalue weighted by atomic mass is 35.5. The van der Waals surface area contributed by atoms with Crippen molar-refractivity contribution < 1.29 is 4.79 Å². The third kappa shape index (κ3) is 4.23. The second kappa shape index (κ2) is 8.55. The lowest BCUT2D eigenvalue weighted by Crippen LogP contribution is -2.09. The molecule has 0 saturated heterocycles. The summed E-state index contributed by atoms with van der Waals surface area (Å²) >= 11 is 13.5. The summed E-state index contributed by atoms with van der Waals surface area (Å²) in [7, 11) is 0. The summed E-state index contributed by atoms with van der Waals surface area (Å²) < 4.78 is 1.76. The van der Waals surface area contributed by atoms with Crippen LogP contribution in [0.5, 0.6) is 0 Å². The van der Waals surface area contributed by atoms with Gasteiger partial charge in [0.25, 0.3) is 0 Å². The molecule has 30 heavy (non-hydrogen) atoms. The Bertz CT molecular complexity index is 1280. The maximum Gasteiger partial charge on any atom is 0.248 e. The van der Waals surface area contributed by atoms with Gasteiger partial charge in [-0.1, -0.05) is 59.7 Å². The number of nitrogens with one attached hydrogen (secondary N) is 1. The van der Waals surface area contributed by atoms with Crippen LogP contribution >= 0.6 is 34.5 Å². The number of amides is 1. The minimum absolute atomic E-state index is 0.257. The van der Waals surface area contributed by atoms with Gasteiger partial charge >= 0.3 is 0 Å². The number of nitrogens with zero attached hydrogens (tertiary/aromatic N) is 4. The van der Waals surface area contributed by atoms with Gasteiger partial charge < -0.3 is 5.32 Å². The molecule has 0 atom stereocenters. The summed E-state index contributed by atoms with van der Waals surface area (Å²) in [5.74, 6) is 0.562. The molecule has 0 fully saturated rings. The van der Waals surface area contributed by atoms with Crippen LogP contribution in [0.1, 0.15) is 23.9 Å². The highest BCUT2D eigenvalue weighted by Crippen LogP contribution is 2.29. The van der Waals surface area contributed by atoms with Gasteiger partial charge in [-0.05, 0) is 42.3 Å². The zero-order valence-corrected chi connectivity index (χ0v) is 18.5. The van der Waals surface area contributed by atoms with Crippen molar-refractivity contribution in [1.29, 1.82) is 0 Å². The van der Waals surface area contributed by atoms with E-state index >= 15 is 0 Å². The lowest BCUT2D eigenvalue weighted by Gasteiger charge is -2.08. The van der Waals surface area contributed by atoms with Gasteiger partial charge in [-0.3, -0.25) is 4.79 Å². The quantitative estimate of drug-likeness (QED) is 0.391. The Hall–Kier alpha value is -2.74. The van der Waals surface area contributed by atoms with Crippen LogP contribution in [0.4, 0.5) is 5.69 Å². The van der Waals surface area contributed by atoms with E-state index in [1.54, 1.807) is 28.8 Å². The Morgan fingerprint density at radius 3 is 2.80 bits per heavy atom. The van der Waals surface area contributed by atoms with Crippen LogP contribution in [0.2, 0.25) is 10.0 Å². The Kier molecular flexibility index (Phi) is 5.85. The molecule has 1 N–H and O–H groups in total. The van der Waals surface area contributed by atoms with Gasteiger partial charge in [0.1, 0.15) is 5.01 Å². The van der Waals surface area contributed by atoms with E-state index in [0.717, 1.165) is 33.3 Å². The summed E-state index contributed by atoms with van der Waals surface area (Å²) in [6, 6.07) is 11.0. The van der Waals surface area contributed by atoms with Crippen LogP contribution < -0.4 is 5.32 Å². The number of benzene rings is 2.